The van der Waals surface area contributed by atoms with Gasteiger partial charge < -0.3 is 17.6 Å². The Kier molecular flexibility index (Phi) is 1.49. The molecule has 1 aliphatic carbocycles. The lowest BCUT2D eigenvalue weighted by atomic mass is 10.3. The van der Waals surface area contributed by atoms with Gasteiger partial charge in [-0.1, -0.05) is 0 Å². The van der Waals surface area contributed by atoms with Crippen LogP contribution in [0.5, 0.6) is 0 Å². The number of hydrogen-bond donors (Lipinski definition) is 3. The molecule has 0 aromatic heterocycles. The van der Waals surface area contributed by atoms with Crippen molar-refractivity contribution in [3.8, 4) is 0 Å². The first-order valence-corrected chi connectivity index (χ1v) is 3.05. The highest BCUT2D eigenvalue weighted by Crippen LogP contribution is 2.38. The Hall–Kier alpha value is -1.29. The van der Waals surface area contributed by atoms with Gasteiger partial charge in [0.25, 0.3) is 0 Å². The molecule has 0 amide bonds. The van der Waals surface area contributed by atoms with E-state index in [1.807, 2.05) is 0 Å². The van der Waals surface area contributed by atoms with Gasteiger partial charge in [-0.2, -0.15) is 0 Å². The van der Waals surface area contributed by atoms with Gasteiger partial charge in [0.1, 0.15) is 5.82 Å². The number of benzene rings is 1. The van der Waals surface area contributed by atoms with E-state index in [9.17, 15) is 4.39 Å². The van der Waals surface area contributed by atoms with Crippen molar-refractivity contribution in [3.63, 3.8) is 0 Å². The van der Waals surface area contributed by atoms with Crippen LogP contribution in [-0.4, -0.2) is 0 Å². The molecule has 0 saturated carbocycles. The quantitative estimate of drug-likeness (QED) is 0.497. The lowest BCUT2D eigenvalue weighted by Crippen LogP contribution is -1.96. The van der Waals surface area contributed by atoms with Crippen LogP contribution in [0.4, 0.5) is 15.8 Å². The molecular formula is C7H10FN3. The summed E-state index contributed by atoms with van der Waals surface area (Å²) in [5.41, 5.74) is 13.3. The summed E-state index contributed by atoms with van der Waals surface area (Å²) in [6, 6.07) is 1.45. The van der Waals surface area contributed by atoms with E-state index in [2.05, 4.69) is 0 Å². The standard InChI is InChI=1S/C7H7FN2.H3N/c8-5-2-3-1-4(3)6(9)7(5)10;/h2H,1,9-10H2;1H3. The van der Waals surface area contributed by atoms with Gasteiger partial charge in [-0.25, -0.2) is 4.39 Å². The first kappa shape index (κ1) is 7.81. The van der Waals surface area contributed by atoms with Gasteiger partial charge in [0.15, 0.2) is 0 Å². The van der Waals surface area contributed by atoms with E-state index in [1.165, 1.54) is 6.07 Å². The highest BCUT2D eigenvalue weighted by atomic mass is 19.1. The number of hydrogen-bond acceptors (Lipinski definition) is 3. The summed E-state index contributed by atoms with van der Waals surface area (Å²) in [4.78, 5) is 0. The van der Waals surface area contributed by atoms with E-state index < -0.39 is 5.82 Å². The molecule has 4 heteroatoms. The molecule has 7 N–H and O–H groups in total. The molecule has 3 nitrogen and oxygen atoms in total. The fourth-order valence-electron chi connectivity index (χ4n) is 1.07. The van der Waals surface area contributed by atoms with Crippen molar-refractivity contribution in [2.24, 2.45) is 0 Å². The third kappa shape index (κ3) is 0.914. The molecule has 0 bridgehead atoms. The normalized spacial score (nSPS) is 11.7. The van der Waals surface area contributed by atoms with Gasteiger partial charge in [-0.05, 0) is 17.2 Å². The Bertz CT molecular complexity index is 306. The van der Waals surface area contributed by atoms with E-state index in [4.69, 9.17) is 11.5 Å². The fourth-order valence-corrected chi connectivity index (χ4v) is 1.07. The molecule has 0 radical (unpaired) electrons. The lowest BCUT2D eigenvalue weighted by molar-refractivity contribution is 0.633. The maximum absolute atomic E-state index is 12.7. The summed E-state index contributed by atoms with van der Waals surface area (Å²) in [7, 11) is 0. The van der Waals surface area contributed by atoms with Crippen molar-refractivity contribution >= 4 is 11.4 Å². The topological polar surface area (TPSA) is 87.0 Å². The molecule has 0 heterocycles. The first-order chi connectivity index (χ1) is 4.70. The Morgan fingerprint density at radius 1 is 1.27 bits per heavy atom. The van der Waals surface area contributed by atoms with Crippen molar-refractivity contribution < 1.29 is 4.39 Å². The zero-order chi connectivity index (χ0) is 7.30. The molecule has 1 aromatic rings. The van der Waals surface area contributed by atoms with E-state index in [-0.39, 0.29) is 11.8 Å². The molecule has 1 aromatic carbocycles. The monoisotopic (exact) mass is 155 g/mol. The minimum Gasteiger partial charge on any atom is -0.397 e. The van der Waals surface area contributed by atoms with E-state index in [0.717, 1.165) is 17.5 Å². The van der Waals surface area contributed by atoms with Crippen molar-refractivity contribution in [2.45, 2.75) is 6.42 Å². The van der Waals surface area contributed by atoms with Crippen LogP contribution < -0.4 is 17.6 Å². The van der Waals surface area contributed by atoms with Crippen LogP contribution >= 0.6 is 0 Å². The second kappa shape index (κ2) is 2.10. The minimum absolute atomic E-state index is 0. The van der Waals surface area contributed by atoms with Gasteiger partial charge in [0, 0.05) is 6.42 Å². The lowest BCUT2D eigenvalue weighted by Gasteiger charge is -1.97. The summed E-state index contributed by atoms with van der Waals surface area (Å²) in [6.45, 7) is 0. The second-order valence-electron chi connectivity index (χ2n) is 2.50. The summed E-state index contributed by atoms with van der Waals surface area (Å²) in [5, 5.41) is 0. The highest BCUT2D eigenvalue weighted by molar-refractivity contribution is 5.75. The molecule has 60 valence electrons. The molecule has 2 rings (SSSR count). The van der Waals surface area contributed by atoms with E-state index in [1.54, 1.807) is 0 Å². The van der Waals surface area contributed by atoms with E-state index >= 15 is 0 Å². The maximum Gasteiger partial charge on any atom is 0.148 e. The van der Waals surface area contributed by atoms with Gasteiger partial charge >= 0.3 is 0 Å². The Morgan fingerprint density at radius 2 is 1.91 bits per heavy atom. The van der Waals surface area contributed by atoms with Gasteiger partial charge in [0.2, 0.25) is 0 Å². The molecule has 11 heavy (non-hydrogen) atoms. The molecular weight excluding hydrogens is 145 g/mol. The smallest absolute Gasteiger partial charge is 0.148 e. The summed E-state index contributed by atoms with van der Waals surface area (Å²) in [6.07, 6.45) is 0.806. The number of rotatable bonds is 0. The summed E-state index contributed by atoms with van der Waals surface area (Å²) in [5.74, 6) is -0.395. The predicted octanol–water partition coefficient (Wildman–Crippen LogP) is 1.06. The second-order valence-corrected chi connectivity index (χ2v) is 2.50. The van der Waals surface area contributed by atoms with Crippen molar-refractivity contribution in [3.05, 3.63) is 23.0 Å². The number of nitrogens with two attached hydrogens (primary N) is 2. The molecule has 0 spiro atoms. The maximum atomic E-state index is 12.7. The van der Waals surface area contributed by atoms with Crippen LogP contribution in [0.2, 0.25) is 0 Å². The Labute approximate surface area is 63.8 Å². The van der Waals surface area contributed by atoms with Crippen molar-refractivity contribution in [1.29, 1.82) is 0 Å². The average molecular weight is 155 g/mol. The Morgan fingerprint density at radius 3 is 2.55 bits per heavy atom. The van der Waals surface area contributed by atoms with E-state index in [0.29, 0.717) is 5.69 Å². The number of anilines is 2. The van der Waals surface area contributed by atoms with Crippen molar-refractivity contribution in [1.82, 2.24) is 6.15 Å². The molecule has 0 unspecified atom stereocenters. The highest BCUT2D eigenvalue weighted by Gasteiger charge is 2.23. The van der Waals surface area contributed by atoms with Crippen LogP contribution in [0.3, 0.4) is 0 Å². The first-order valence-electron chi connectivity index (χ1n) is 3.05. The third-order valence-electron chi connectivity index (χ3n) is 1.80. The van der Waals surface area contributed by atoms with Crippen LogP contribution in [0.25, 0.3) is 0 Å². The Balaban J connectivity index is 0.000000605. The van der Waals surface area contributed by atoms with Gasteiger partial charge in [0.05, 0.1) is 11.4 Å². The molecule has 0 saturated heterocycles. The molecule has 0 fully saturated rings. The molecule has 1 aliphatic rings. The molecule has 0 aliphatic heterocycles. The largest absolute Gasteiger partial charge is 0.397 e. The number of fused-ring (bicyclic) bond motifs is 1. The van der Waals surface area contributed by atoms with Crippen LogP contribution in [0, 0.1) is 5.82 Å². The van der Waals surface area contributed by atoms with Crippen molar-refractivity contribution in [2.75, 3.05) is 11.5 Å². The van der Waals surface area contributed by atoms with Gasteiger partial charge in [-0.3, -0.25) is 0 Å². The fraction of sp³-hybridized carbons (Fsp3) is 0.143. The van der Waals surface area contributed by atoms with Gasteiger partial charge in [-0.15, -0.1) is 0 Å². The van der Waals surface area contributed by atoms with Crippen LogP contribution in [-0.2, 0) is 6.42 Å². The number of nitrogen functional groups attached to an aromatic ring is 2. The molecule has 0 atom stereocenters. The number of halogens is 1. The summed E-state index contributed by atoms with van der Waals surface area (Å²) >= 11 is 0. The summed E-state index contributed by atoms with van der Waals surface area (Å²) < 4.78 is 12.7. The van der Waals surface area contributed by atoms with Crippen LogP contribution in [0.1, 0.15) is 11.1 Å². The predicted molar refractivity (Wildman–Crippen MR) is 43.1 cm³/mol. The zero-order valence-corrected chi connectivity index (χ0v) is 6.02. The zero-order valence-electron chi connectivity index (χ0n) is 6.02. The third-order valence-corrected chi connectivity index (χ3v) is 1.80. The average Bonchev–Trinajstić information content (AvgIpc) is 2.62. The minimum atomic E-state index is -0.395. The van der Waals surface area contributed by atoms with Crippen LogP contribution in [0.15, 0.2) is 6.07 Å². The SMILES string of the molecule is N.Nc1c(F)cc2c(c1N)C2.